The van der Waals surface area contributed by atoms with E-state index in [1.807, 2.05) is 0 Å². The van der Waals surface area contributed by atoms with Crippen molar-refractivity contribution < 1.29 is 9.21 Å². The number of hydrogen-bond acceptors (Lipinski definition) is 3. The lowest BCUT2D eigenvalue weighted by atomic mass is 10.4. The summed E-state index contributed by atoms with van der Waals surface area (Å²) in [6, 6.07) is 3.05. The summed E-state index contributed by atoms with van der Waals surface area (Å²) in [7, 11) is 0. The van der Waals surface area contributed by atoms with E-state index in [1.54, 1.807) is 6.08 Å². The molecule has 0 aliphatic heterocycles. The highest BCUT2D eigenvalue weighted by molar-refractivity contribution is 5.91. The summed E-state index contributed by atoms with van der Waals surface area (Å²) in [6.45, 7) is 3.88. The van der Waals surface area contributed by atoms with E-state index in [4.69, 9.17) is 10.2 Å². The van der Waals surface area contributed by atoms with Crippen LogP contribution in [0.5, 0.6) is 0 Å². The lowest BCUT2D eigenvalue weighted by molar-refractivity contribution is 0.0931. The van der Waals surface area contributed by atoms with Crippen molar-refractivity contribution in [2.75, 3.05) is 12.3 Å². The van der Waals surface area contributed by atoms with E-state index in [-0.39, 0.29) is 17.6 Å². The zero-order valence-corrected chi connectivity index (χ0v) is 6.54. The first-order valence-corrected chi connectivity index (χ1v) is 3.48. The molecule has 0 radical (unpaired) electrons. The van der Waals surface area contributed by atoms with Crippen LogP contribution in [0.3, 0.4) is 0 Å². The number of amides is 1. The van der Waals surface area contributed by atoms with E-state index in [9.17, 15) is 4.79 Å². The Labute approximate surface area is 70.0 Å². The molecule has 4 nitrogen and oxygen atoms in total. The number of nitrogens with two attached hydrogens (primary N) is 1. The molecular formula is C8H10N2O2. The fourth-order valence-electron chi connectivity index (χ4n) is 0.727. The molecule has 3 N–H and O–H groups in total. The second-order valence-electron chi connectivity index (χ2n) is 2.20. The minimum absolute atomic E-state index is 0.217. The van der Waals surface area contributed by atoms with Crippen LogP contribution in [-0.2, 0) is 0 Å². The lowest BCUT2D eigenvalue weighted by Gasteiger charge is -1.96. The van der Waals surface area contributed by atoms with Gasteiger partial charge in [0.05, 0.1) is 0 Å². The van der Waals surface area contributed by atoms with Gasteiger partial charge < -0.3 is 15.5 Å². The second-order valence-corrected chi connectivity index (χ2v) is 2.20. The predicted molar refractivity (Wildman–Crippen MR) is 45.7 cm³/mol. The molecule has 4 heteroatoms. The van der Waals surface area contributed by atoms with E-state index >= 15 is 0 Å². The van der Waals surface area contributed by atoms with Crippen LogP contribution in [0.15, 0.2) is 29.2 Å². The third-order valence-corrected chi connectivity index (χ3v) is 1.26. The van der Waals surface area contributed by atoms with Crippen molar-refractivity contribution in [3.05, 3.63) is 30.5 Å². The van der Waals surface area contributed by atoms with Crippen LogP contribution in [-0.4, -0.2) is 12.5 Å². The first-order chi connectivity index (χ1) is 5.74. The number of nitrogen functional groups attached to an aromatic ring is 1. The Morgan fingerprint density at radius 3 is 3.00 bits per heavy atom. The molecule has 0 saturated carbocycles. The van der Waals surface area contributed by atoms with Gasteiger partial charge in [-0.3, -0.25) is 4.79 Å². The lowest BCUT2D eigenvalue weighted by Crippen LogP contribution is -2.22. The first-order valence-electron chi connectivity index (χ1n) is 3.48. The van der Waals surface area contributed by atoms with Gasteiger partial charge in [-0.1, -0.05) is 6.08 Å². The molecule has 0 unspecified atom stereocenters. The summed E-state index contributed by atoms with van der Waals surface area (Å²) in [5.74, 6) is 0.166. The van der Waals surface area contributed by atoms with Crippen molar-refractivity contribution in [1.82, 2.24) is 5.32 Å². The summed E-state index contributed by atoms with van der Waals surface area (Å²) in [4.78, 5) is 11.1. The number of nitrogens with one attached hydrogen (secondary N) is 1. The highest BCUT2D eigenvalue weighted by atomic mass is 16.4. The van der Waals surface area contributed by atoms with Gasteiger partial charge in [-0.15, -0.1) is 6.58 Å². The van der Waals surface area contributed by atoms with Gasteiger partial charge in [0.1, 0.15) is 0 Å². The summed E-state index contributed by atoms with van der Waals surface area (Å²) < 4.78 is 4.87. The fourth-order valence-corrected chi connectivity index (χ4v) is 0.727. The predicted octanol–water partition coefficient (Wildman–Crippen LogP) is 0.778. The normalized spacial score (nSPS) is 9.33. The number of carbonyl (C=O) groups is 1. The molecule has 1 heterocycles. The zero-order valence-electron chi connectivity index (χ0n) is 6.54. The van der Waals surface area contributed by atoms with Crippen LogP contribution in [0.25, 0.3) is 0 Å². The Hall–Kier alpha value is -1.71. The molecule has 0 atom stereocenters. The Kier molecular flexibility index (Phi) is 2.53. The van der Waals surface area contributed by atoms with Gasteiger partial charge in [0.2, 0.25) is 0 Å². The maximum absolute atomic E-state index is 11.1. The van der Waals surface area contributed by atoms with E-state index in [0.717, 1.165) is 0 Å². The standard InChI is InChI=1S/C8H10N2O2/c1-2-5-10-8(11)6-3-4-7(9)12-6/h2-4H,1,5,9H2,(H,10,11). The minimum Gasteiger partial charge on any atom is -0.436 e. The highest BCUT2D eigenvalue weighted by Crippen LogP contribution is 2.08. The van der Waals surface area contributed by atoms with Gasteiger partial charge in [-0.25, -0.2) is 0 Å². The number of furan rings is 1. The average Bonchev–Trinajstić information content (AvgIpc) is 2.47. The molecule has 0 aliphatic carbocycles. The molecule has 0 fully saturated rings. The van der Waals surface area contributed by atoms with Crippen molar-refractivity contribution in [3.63, 3.8) is 0 Å². The number of carbonyl (C=O) groups excluding carboxylic acids is 1. The molecule has 0 aliphatic rings. The van der Waals surface area contributed by atoms with Gasteiger partial charge in [0.15, 0.2) is 11.6 Å². The average molecular weight is 166 g/mol. The molecule has 0 spiro atoms. The van der Waals surface area contributed by atoms with Crippen molar-refractivity contribution in [1.29, 1.82) is 0 Å². The van der Waals surface area contributed by atoms with Crippen molar-refractivity contribution in [3.8, 4) is 0 Å². The number of hydrogen-bond donors (Lipinski definition) is 2. The quantitative estimate of drug-likeness (QED) is 0.652. The molecule has 1 amide bonds. The smallest absolute Gasteiger partial charge is 0.287 e. The van der Waals surface area contributed by atoms with E-state index in [1.165, 1.54) is 12.1 Å². The van der Waals surface area contributed by atoms with Crippen LogP contribution in [0.4, 0.5) is 5.88 Å². The molecule has 1 rings (SSSR count). The van der Waals surface area contributed by atoms with Crippen LogP contribution >= 0.6 is 0 Å². The largest absolute Gasteiger partial charge is 0.436 e. The first kappa shape index (κ1) is 8.39. The molecule has 1 aromatic heterocycles. The van der Waals surface area contributed by atoms with Gasteiger partial charge >= 0.3 is 0 Å². The summed E-state index contributed by atoms with van der Waals surface area (Å²) in [6.07, 6.45) is 1.59. The fraction of sp³-hybridized carbons (Fsp3) is 0.125. The van der Waals surface area contributed by atoms with Crippen LogP contribution in [0.2, 0.25) is 0 Å². The Morgan fingerprint density at radius 1 is 1.75 bits per heavy atom. The summed E-state index contributed by atoms with van der Waals surface area (Å²) >= 11 is 0. The zero-order chi connectivity index (χ0) is 8.97. The third kappa shape index (κ3) is 1.88. The maximum Gasteiger partial charge on any atom is 0.287 e. The van der Waals surface area contributed by atoms with Gasteiger partial charge in [-0.05, 0) is 6.07 Å². The molecule has 0 saturated heterocycles. The van der Waals surface area contributed by atoms with Gasteiger partial charge in [-0.2, -0.15) is 0 Å². The minimum atomic E-state index is -0.286. The topological polar surface area (TPSA) is 68.3 Å². The van der Waals surface area contributed by atoms with Crippen molar-refractivity contribution >= 4 is 11.8 Å². The Bertz CT molecular complexity index is 291. The summed E-state index contributed by atoms with van der Waals surface area (Å²) in [5.41, 5.74) is 5.28. The second kappa shape index (κ2) is 3.61. The number of rotatable bonds is 3. The van der Waals surface area contributed by atoms with Gasteiger partial charge in [0, 0.05) is 12.6 Å². The molecular weight excluding hydrogens is 156 g/mol. The highest BCUT2D eigenvalue weighted by Gasteiger charge is 2.07. The van der Waals surface area contributed by atoms with Crippen LogP contribution in [0.1, 0.15) is 10.6 Å². The van der Waals surface area contributed by atoms with Crippen molar-refractivity contribution in [2.24, 2.45) is 0 Å². The van der Waals surface area contributed by atoms with Crippen LogP contribution in [0, 0.1) is 0 Å². The Balaban J connectivity index is 2.59. The molecule has 64 valence electrons. The van der Waals surface area contributed by atoms with Gasteiger partial charge in [0.25, 0.3) is 5.91 Å². The Morgan fingerprint density at radius 2 is 2.50 bits per heavy atom. The summed E-state index contributed by atoms with van der Waals surface area (Å²) in [5, 5.41) is 2.56. The third-order valence-electron chi connectivity index (χ3n) is 1.26. The SMILES string of the molecule is C=CCNC(=O)c1ccc(N)o1. The molecule has 0 aromatic carbocycles. The van der Waals surface area contributed by atoms with Crippen molar-refractivity contribution in [2.45, 2.75) is 0 Å². The number of anilines is 1. The molecule has 1 aromatic rings. The monoisotopic (exact) mass is 166 g/mol. The van der Waals surface area contributed by atoms with Crippen LogP contribution < -0.4 is 11.1 Å². The molecule has 0 bridgehead atoms. The van der Waals surface area contributed by atoms with E-state index in [0.29, 0.717) is 6.54 Å². The van der Waals surface area contributed by atoms with E-state index in [2.05, 4.69) is 11.9 Å². The maximum atomic E-state index is 11.1. The van der Waals surface area contributed by atoms with E-state index < -0.39 is 0 Å². The molecule has 12 heavy (non-hydrogen) atoms.